The lowest BCUT2D eigenvalue weighted by Crippen LogP contribution is -2.49. The monoisotopic (exact) mass is 487 g/mol. The van der Waals surface area contributed by atoms with E-state index < -0.39 is 0 Å². The molecule has 9 nitrogen and oxygen atoms in total. The third kappa shape index (κ3) is 3.26. The molecule has 4 aliphatic carbocycles. The smallest absolute Gasteiger partial charge is 0.272 e. The van der Waals surface area contributed by atoms with Gasteiger partial charge in [0.15, 0.2) is 5.17 Å². The molecule has 3 heterocycles. The van der Waals surface area contributed by atoms with E-state index in [2.05, 4.69) is 14.9 Å². The van der Waals surface area contributed by atoms with Crippen LogP contribution in [0.3, 0.4) is 0 Å². The summed E-state index contributed by atoms with van der Waals surface area (Å²) in [5.41, 5.74) is 8.89. The number of nitrogens with zero attached hydrogens (tertiary/aromatic N) is 5. The van der Waals surface area contributed by atoms with E-state index in [1.54, 1.807) is 0 Å². The van der Waals surface area contributed by atoms with E-state index in [1.165, 1.54) is 38.5 Å². The Hall–Kier alpha value is -3.40. The summed E-state index contributed by atoms with van der Waals surface area (Å²) in [4.78, 5) is 14.9. The minimum atomic E-state index is -0.355. The van der Waals surface area contributed by atoms with E-state index in [4.69, 9.17) is 16.2 Å². The predicted molar refractivity (Wildman–Crippen MR) is 133 cm³/mol. The van der Waals surface area contributed by atoms with Gasteiger partial charge in [-0.3, -0.25) is 10.2 Å². The lowest BCUT2D eigenvalue weighted by atomic mass is 9.48. The van der Waals surface area contributed by atoms with E-state index in [1.807, 2.05) is 47.3 Å². The molecule has 1 amide bonds. The number of nitrogens with two attached hydrogens (primary N) is 1. The molecule has 0 spiro atoms. The first kappa shape index (κ1) is 20.9. The van der Waals surface area contributed by atoms with Crippen molar-refractivity contribution in [3.8, 4) is 5.69 Å². The first-order valence-corrected chi connectivity index (χ1v) is 12.9. The lowest BCUT2D eigenvalue weighted by Gasteiger charge is -2.56. The topological polar surface area (TPSA) is 127 Å². The van der Waals surface area contributed by atoms with Crippen LogP contribution in [-0.2, 0) is 10.2 Å². The molecule has 5 aliphatic rings. The molecule has 5 fully saturated rings. The van der Waals surface area contributed by atoms with Crippen LogP contribution in [-0.4, -0.2) is 31.2 Å². The van der Waals surface area contributed by atoms with Crippen molar-refractivity contribution in [3.05, 3.63) is 52.7 Å². The Morgan fingerprint density at radius 2 is 1.77 bits per heavy atom. The quantitative estimate of drug-likeness (QED) is 0.523. The molecule has 4 bridgehead atoms. The molecular formula is C25H25N7O2S. The van der Waals surface area contributed by atoms with E-state index >= 15 is 0 Å². The zero-order valence-corrected chi connectivity index (χ0v) is 19.9. The Morgan fingerprint density at radius 3 is 2.40 bits per heavy atom. The van der Waals surface area contributed by atoms with Crippen LogP contribution in [0, 0.1) is 23.2 Å². The first-order chi connectivity index (χ1) is 17.0. The van der Waals surface area contributed by atoms with Gasteiger partial charge in [-0.05, 0) is 96.6 Å². The van der Waals surface area contributed by atoms with Crippen LogP contribution < -0.4 is 10.6 Å². The molecule has 0 unspecified atom stereocenters. The largest absolute Gasteiger partial charge is 0.378 e. The van der Waals surface area contributed by atoms with Crippen LogP contribution in [0.2, 0.25) is 0 Å². The highest BCUT2D eigenvalue weighted by atomic mass is 32.2. The Morgan fingerprint density at radius 1 is 1.09 bits per heavy atom. The summed E-state index contributed by atoms with van der Waals surface area (Å²) in [5.74, 6) is 2.01. The fraction of sp³-hybridized carbons (Fsp3) is 0.400. The van der Waals surface area contributed by atoms with Crippen molar-refractivity contribution in [2.75, 3.05) is 10.6 Å². The van der Waals surface area contributed by atoms with Gasteiger partial charge in [0, 0.05) is 17.2 Å². The maximum Gasteiger partial charge on any atom is 0.272 e. The summed E-state index contributed by atoms with van der Waals surface area (Å²) in [5, 5.41) is 20.8. The van der Waals surface area contributed by atoms with Gasteiger partial charge in [-0.25, -0.2) is 14.2 Å². The second-order valence-corrected chi connectivity index (χ2v) is 11.5. The number of benzene rings is 1. The number of carbonyl (C=O) groups excluding carboxylic acids is 1. The molecule has 0 radical (unpaired) electrons. The van der Waals surface area contributed by atoms with Gasteiger partial charge in [0.2, 0.25) is 11.6 Å². The second kappa shape index (κ2) is 7.55. The average Bonchev–Trinajstić information content (AvgIpc) is 3.52. The minimum Gasteiger partial charge on any atom is -0.378 e. The SMILES string of the molecule is N=C1SC(=Cc2cn(-c3ccccc3)nc2C23CC4CC(CC(C4)C2)C3)C(=O)N1c1nonc1N. The van der Waals surface area contributed by atoms with E-state index in [0.29, 0.717) is 4.91 Å². The number of amides is 1. The summed E-state index contributed by atoms with van der Waals surface area (Å²) in [6.07, 6.45) is 11.5. The van der Waals surface area contributed by atoms with Gasteiger partial charge in [-0.2, -0.15) is 5.10 Å². The zero-order chi connectivity index (χ0) is 23.7. The summed E-state index contributed by atoms with van der Waals surface area (Å²) in [7, 11) is 0. The van der Waals surface area contributed by atoms with Gasteiger partial charge in [-0.15, -0.1) is 0 Å². The van der Waals surface area contributed by atoms with Gasteiger partial charge in [0.25, 0.3) is 5.91 Å². The summed E-state index contributed by atoms with van der Waals surface area (Å²) in [6.45, 7) is 0. The third-order valence-corrected chi connectivity index (χ3v) is 9.01. The number of aromatic nitrogens is 4. The highest BCUT2D eigenvalue weighted by molar-refractivity contribution is 8.19. The highest BCUT2D eigenvalue weighted by Gasteiger charge is 2.53. The van der Waals surface area contributed by atoms with E-state index in [9.17, 15) is 4.79 Å². The number of amidine groups is 1. The van der Waals surface area contributed by atoms with Crippen LogP contribution in [0.4, 0.5) is 11.6 Å². The molecule has 3 aromatic rings. The molecule has 1 saturated heterocycles. The lowest BCUT2D eigenvalue weighted by molar-refractivity contribution is -0.113. The molecule has 35 heavy (non-hydrogen) atoms. The van der Waals surface area contributed by atoms with Gasteiger partial charge < -0.3 is 5.73 Å². The molecule has 1 aliphatic heterocycles. The molecular weight excluding hydrogens is 462 g/mol. The maximum atomic E-state index is 13.3. The van der Waals surface area contributed by atoms with Crippen molar-refractivity contribution in [2.45, 2.75) is 43.9 Å². The van der Waals surface area contributed by atoms with Crippen molar-refractivity contribution in [2.24, 2.45) is 17.8 Å². The summed E-state index contributed by atoms with van der Waals surface area (Å²) >= 11 is 1.09. The van der Waals surface area contributed by atoms with Crippen LogP contribution in [0.5, 0.6) is 0 Å². The number of para-hydroxylation sites is 1. The minimum absolute atomic E-state index is 0.0175. The van der Waals surface area contributed by atoms with Gasteiger partial charge in [0.1, 0.15) is 0 Å². The van der Waals surface area contributed by atoms with Crippen LogP contribution in [0.25, 0.3) is 11.8 Å². The van der Waals surface area contributed by atoms with Crippen LogP contribution in [0.1, 0.15) is 49.8 Å². The zero-order valence-electron chi connectivity index (χ0n) is 19.1. The van der Waals surface area contributed by atoms with Gasteiger partial charge in [0.05, 0.1) is 16.3 Å². The number of hydrogen-bond acceptors (Lipinski definition) is 8. The van der Waals surface area contributed by atoms with E-state index in [-0.39, 0.29) is 28.1 Å². The number of hydrogen-bond donors (Lipinski definition) is 2. The second-order valence-electron chi connectivity index (χ2n) is 10.4. The summed E-state index contributed by atoms with van der Waals surface area (Å²) in [6, 6.07) is 10.1. The fourth-order valence-corrected chi connectivity index (χ4v) is 8.02. The molecule has 178 valence electrons. The normalized spacial score (nSPS) is 30.7. The Labute approximate surface area is 206 Å². The van der Waals surface area contributed by atoms with Crippen LogP contribution in [0.15, 0.2) is 46.1 Å². The standard InChI is InChI=1S/C25H25N7O2S/c26-21-22(30-34-29-21)32-23(33)19(35-24(32)27)9-17-13-31(18-4-2-1-3-5-18)28-20(17)25-10-14-6-15(11-25)8-16(7-14)12-25/h1-5,9,13-16,27H,6-8,10-12H2,(H2,26,29). The van der Waals surface area contributed by atoms with E-state index in [0.717, 1.165) is 51.4 Å². The van der Waals surface area contributed by atoms with Crippen molar-refractivity contribution in [1.29, 1.82) is 5.41 Å². The number of thioether (sulfide) groups is 1. The third-order valence-electron chi connectivity index (χ3n) is 8.12. The number of nitrogen functional groups attached to an aromatic ring is 1. The molecule has 2 aromatic heterocycles. The Bertz CT molecular complexity index is 1340. The van der Waals surface area contributed by atoms with Gasteiger partial charge in [-0.1, -0.05) is 18.2 Å². The molecule has 10 heteroatoms. The highest BCUT2D eigenvalue weighted by Crippen LogP contribution is 2.61. The number of anilines is 2. The average molecular weight is 488 g/mol. The molecule has 8 rings (SSSR count). The number of rotatable bonds is 4. The number of carbonyl (C=O) groups is 1. The first-order valence-electron chi connectivity index (χ1n) is 12.1. The Kier molecular flexibility index (Phi) is 4.51. The van der Waals surface area contributed by atoms with Crippen molar-refractivity contribution < 1.29 is 9.42 Å². The van der Waals surface area contributed by atoms with Gasteiger partial charge >= 0.3 is 0 Å². The fourth-order valence-electron chi connectivity index (χ4n) is 7.19. The number of nitrogens with one attached hydrogen (secondary N) is 1. The Balaban J connectivity index is 1.33. The van der Waals surface area contributed by atoms with Crippen LogP contribution >= 0.6 is 11.8 Å². The molecule has 3 N–H and O–H groups in total. The molecule has 1 aromatic carbocycles. The molecule has 0 atom stereocenters. The van der Waals surface area contributed by atoms with Crippen molar-refractivity contribution in [3.63, 3.8) is 0 Å². The van der Waals surface area contributed by atoms with Crippen molar-refractivity contribution >= 4 is 40.5 Å². The predicted octanol–water partition coefficient (Wildman–Crippen LogP) is 4.36. The summed E-state index contributed by atoms with van der Waals surface area (Å²) < 4.78 is 6.60. The maximum absolute atomic E-state index is 13.3. The molecule has 4 saturated carbocycles. The van der Waals surface area contributed by atoms with Crippen molar-refractivity contribution in [1.82, 2.24) is 20.1 Å².